The van der Waals surface area contributed by atoms with Crippen molar-refractivity contribution < 1.29 is 14.3 Å². The number of hydrogen-bond acceptors (Lipinski definition) is 4. The summed E-state index contributed by atoms with van der Waals surface area (Å²) in [5.41, 5.74) is 2.04. The average molecular weight is 358 g/mol. The van der Waals surface area contributed by atoms with Crippen molar-refractivity contribution in [1.29, 1.82) is 0 Å². The SMILES string of the molecule is Cc1cnn(CC(=O)Nc2cccc(CN(C)C(=O)OC(C)(C)C)c2)c1. The molecule has 7 nitrogen and oxygen atoms in total. The van der Waals surface area contributed by atoms with Crippen LogP contribution < -0.4 is 5.32 Å². The molecule has 0 atom stereocenters. The van der Waals surface area contributed by atoms with Crippen LogP contribution in [0.2, 0.25) is 0 Å². The van der Waals surface area contributed by atoms with Crippen LogP contribution in [0.4, 0.5) is 10.5 Å². The zero-order valence-corrected chi connectivity index (χ0v) is 15.9. The Morgan fingerprint density at radius 1 is 1.31 bits per heavy atom. The molecule has 0 saturated carbocycles. The minimum absolute atomic E-state index is 0.149. The number of anilines is 1. The molecule has 1 aromatic heterocycles. The standard InChI is InChI=1S/C19H26N4O3/c1-14-10-20-23(11-14)13-17(24)21-16-8-6-7-15(9-16)12-22(5)18(25)26-19(2,3)4/h6-11H,12-13H2,1-5H3,(H,21,24). The molecule has 2 amide bonds. The molecule has 0 saturated heterocycles. The maximum Gasteiger partial charge on any atom is 0.410 e. The summed E-state index contributed by atoms with van der Waals surface area (Å²) in [5.74, 6) is -0.161. The van der Waals surface area contributed by atoms with E-state index in [-0.39, 0.29) is 18.5 Å². The largest absolute Gasteiger partial charge is 0.444 e. The third kappa shape index (κ3) is 6.23. The van der Waals surface area contributed by atoms with E-state index in [1.807, 2.05) is 58.2 Å². The Hall–Kier alpha value is -2.83. The molecule has 7 heteroatoms. The minimum atomic E-state index is -0.536. The van der Waals surface area contributed by atoms with Crippen molar-refractivity contribution >= 4 is 17.7 Å². The number of amides is 2. The molecule has 2 aromatic rings. The Bertz CT molecular complexity index is 777. The van der Waals surface area contributed by atoms with Gasteiger partial charge < -0.3 is 15.0 Å². The summed E-state index contributed by atoms with van der Waals surface area (Å²) < 4.78 is 6.93. The van der Waals surface area contributed by atoms with E-state index < -0.39 is 5.60 Å². The Morgan fingerprint density at radius 3 is 2.65 bits per heavy atom. The number of nitrogens with one attached hydrogen (secondary N) is 1. The van der Waals surface area contributed by atoms with E-state index in [9.17, 15) is 9.59 Å². The molecule has 0 radical (unpaired) electrons. The van der Waals surface area contributed by atoms with E-state index >= 15 is 0 Å². The molecular formula is C19H26N4O3. The zero-order valence-electron chi connectivity index (χ0n) is 15.9. The smallest absolute Gasteiger partial charge is 0.410 e. The van der Waals surface area contributed by atoms with Gasteiger partial charge in [-0.25, -0.2) is 4.79 Å². The van der Waals surface area contributed by atoms with Crippen LogP contribution in [0.5, 0.6) is 0 Å². The highest BCUT2D eigenvalue weighted by molar-refractivity contribution is 5.90. The summed E-state index contributed by atoms with van der Waals surface area (Å²) in [7, 11) is 1.68. The molecule has 0 aliphatic rings. The summed E-state index contributed by atoms with van der Waals surface area (Å²) in [6.45, 7) is 7.95. The lowest BCUT2D eigenvalue weighted by Crippen LogP contribution is -2.33. The van der Waals surface area contributed by atoms with Gasteiger partial charge in [0, 0.05) is 25.5 Å². The number of aryl methyl sites for hydroxylation is 1. The Labute approximate surface area is 153 Å². The van der Waals surface area contributed by atoms with Gasteiger partial charge in [-0.05, 0) is 51.0 Å². The number of nitrogens with zero attached hydrogens (tertiary/aromatic N) is 3. The number of carbonyl (C=O) groups excluding carboxylic acids is 2. The van der Waals surface area contributed by atoms with E-state index in [1.54, 1.807) is 17.9 Å². The van der Waals surface area contributed by atoms with Gasteiger partial charge in [0.2, 0.25) is 5.91 Å². The number of carbonyl (C=O) groups is 2. The maximum atomic E-state index is 12.1. The molecule has 1 N–H and O–H groups in total. The second-order valence-corrected chi connectivity index (χ2v) is 7.30. The second kappa shape index (κ2) is 8.03. The predicted octanol–water partition coefficient (Wildman–Crippen LogP) is 3.20. The van der Waals surface area contributed by atoms with Gasteiger partial charge in [-0.2, -0.15) is 5.10 Å². The summed E-state index contributed by atoms with van der Waals surface area (Å²) in [4.78, 5) is 25.7. The second-order valence-electron chi connectivity index (χ2n) is 7.30. The highest BCUT2D eigenvalue weighted by Crippen LogP contribution is 2.15. The van der Waals surface area contributed by atoms with E-state index in [1.165, 1.54) is 4.90 Å². The van der Waals surface area contributed by atoms with Gasteiger partial charge in [-0.1, -0.05) is 12.1 Å². The number of rotatable bonds is 5. The van der Waals surface area contributed by atoms with Crippen LogP contribution >= 0.6 is 0 Å². The molecular weight excluding hydrogens is 332 g/mol. The lowest BCUT2D eigenvalue weighted by Gasteiger charge is -2.24. The van der Waals surface area contributed by atoms with Crippen molar-refractivity contribution in [2.45, 2.75) is 46.4 Å². The summed E-state index contributed by atoms with van der Waals surface area (Å²) >= 11 is 0. The van der Waals surface area contributed by atoms with Crippen molar-refractivity contribution in [1.82, 2.24) is 14.7 Å². The average Bonchev–Trinajstić information content (AvgIpc) is 2.90. The maximum absolute atomic E-state index is 12.1. The molecule has 0 aliphatic carbocycles. The first kappa shape index (κ1) is 19.5. The molecule has 0 fully saturated rings. The lowest BCUT2D eigenvalue weighted by atomic mass is 10.2. The molecule has 140 valence electrons. The minimum Gasteiger partial charge on any atom is -0.444 e. The fourth-order valence-electron chi connectivity index (χ4n) is 2.33. The van der Waals surface area contributed by atoms with Crippen LogP contribution in [0.15, 0.2) is 36.7 Å². The quantitative estimate of drug-likeness (QED) is 0.890. The van der Waals surface area contributed by atoms with Crippen molar-refractivity contribution in [2.75, 3.05) is 12.4 Å². The Kier molecular flexibility index (Phi) is 6.02. The first-order chi connectivity index (χ1) is 12.1. The van der Waals surface area contributed by atoms with Crippen LogP contribution in [0, 0.1) is 6.92 Å². The molecule has 0 aliphatic heterocycles. The van der Waals surface area contributed by atoms with Gasteiger partial charge in [-0.3, -0.25) is 9.48 Å². The fraction of sp³-hybridized carbons (Fsp3) is 0.421. The van der Waals surface area contributed by atoms with Crippen molar-refractivity contribution in [2.24, 2.45) is 0 Å². The molecule has 26 heavy (non-hydrogen) atoms. The molecule has 2 rings (SSSR count). The van der Waals surface area contributed by atoms with Crippen LogP contribution in [-0.2, 0) is 22.6 Å². The highest BCUT2D eigenvalue weighted by Gasteiger charge is 2.19. The van der Waals surface area contributed by atoms with Crippen molar-refractivity contribution in [3.05, 3.63) is 47.8 Å². The summed E-state index contributed by atoms with van der Waals surface area (Å²) in [5, 5.41) is 6.95. The Balaban J connectivity index is 1.94. The van der Waals surface area contributed by atoms with Crippen LogP contribution in [0.25, 0.3) is 0 Å². The highest BCUT2D eigenvalue weighted by atomic mass is 16.6. The van der Waals surface area contributed by atoms with Gasteiger partial charge in [0.15, 0.2) is 0 Å². The van der Waals surface area contributed by atoms with Crippen molar-refractivity contribution in [3.63, 3.8) is 0 Å². The molecule has 1 aromatic carbocycles. The monoisotopic (exact) mass is 358 g/mol. The molecule has 0 bridgehead atoms. The van der Waals surface area contributed by atoms with Gasteiger partial charge >= 0.3 is 6.09 Å². The topological polar surface area (TPSA) is 76.5 Å². The lowest BCUT2D eigenvalue weighted by molar-refractivity contribution is -0.116. The number of aromatic nitrogens is 2. The fourth-order valence-corrected chi connectivity index (χ4v) is 2.33. The first-order valence-corrected chi connectivity index (χ1v) is 8.44. The number of ether oxygens (including phenoxy) is 1. The third-order valence-electron chi connectivity index (χ3n) is 3.40. The Morgan fingerprint density at radius 2 is 2.04 bits per heavy atom. The third-order valence-corrected chi connectivity index (χ3v) is 3.40. The molecule has 1 heterocycles. The first-order valence-electron chi connectivity index (χ1n) is 8.44. The van der Waals surface area contributed by atoms with Crippen LogP contribution in [0.3, 0.4) is 0 Å². The van der Waals surface area contributed by atoms with E-state index in [0.717, 1.165) is 11.1 Å². The van der Waals surface area contributed by atoms with Crippen LogP contribution in [-0.4, -0.2) is 39.3 Å². The predicted molar refractivity (Wildman–Crippen MR) is 99.7 cm³/mol. The normalized spacial score (nSPS) is 11.1. The zero-order chi connectivity index (χ0) is 19.3. The number of hydrogen-bond donors (Lipinski definition) is 1. The van der Waals surface area contributed by atoms with E-state index in [4.69, 9.17) is 4.74 Å². The van der Waals surface area contributed by atoms with Gasteiger partial charge in [0.1, 0.15) is 12.1 Å². The molecule has 0 unspecified atom stereocenters. The molecule has 0 spiro atoms. The van der Waals surface area contributed by atoms with E-state index in [2.05, 4.69) is 10.4 Å². The van der Waals surface area contributed by atoms with Gasteiger partial charge in [-0.15, -0.1) is 0 Å². The number of benzene rings is 1. The van der Waals surface area contributed by atoms with Crippen molar-refractivity contribution in [3.8, 4) is 0 Å². The van der Waals surface area contributed by atoms with Crippen LogP contribution in [0.1, 0.15) is 31.9 Å². The summed E-state index contributed by atoms with van der Waals surface area (Å²) in [6, 6.07) is 7.38. The van der Waals surface area contributed by atoms with E-state index in [0.29, 0.717) is 12.2 Å². The van der Waals surface area contributed by atoms with Gasteiger partial charge in [0.05, 0.1) is 6.20 Å². The summed E-state index contributed by atoms with van der Waals surface area (Å²) in [6.07, 6.45) is 3.13. The van der Waals surface area contributed by atoms with Gasteiger partial charge in [0.25, 0.3) is 0 Å².